The number of anilines is 1. The second kappa shape index (κ2) is 5.24. The van der Waals surface area contributed by atoms with E-state index in [0.717, 1.165) is 25.9 Å². The molecule has 3 rings (SSSR count). The summed E-state index contributed by atoms with van der Waals surface area (Å²) in [5.41, 5.74) is 5.84. The van der Waals surface area contributed by atoms with E-state index in [2.05, 4.69) is 9.88 Å². The number of nitrogen functional groups attached to an aromatic ring is 1. The molecule has 0 radical (unpaired) electrons. The molecule has 0 bridgehead atoms. The fraction of sp³-hybridized carbons (Fsp3) is 0.583. The van der Waals surface area contributed by atoms with Gasteiger partial charge in [0.25, 0.3) is 10.0 Å². The number of nitrogens with zero attached hydrogens (tertiary/aromatic N) is 4. The van der Waals surface area contributed by atoms with Crippen molar-refractivity contribution in [3.63, 3.8) is 0 Å². The lowest BCUT2D eigenvalue weighted by Crippen LogP contribution is -2.47. The number of nitrogens with two attached hydrogens (primary N) is 1. The molecule has 9 heteroatoms. The number of likely N-dealkylation sites (N-methyl/N-ethyl adjacent to an activating group) is 2. The Labute approximate surface area is 128 Å². The molecule has 1 saturated heterocycles. The Balaban J connectivity index is 1.99. The molecule has 0 amide bonds. The van der Waals surface area contributed by atoms with Crippen LogP contribution in [-0.4, -0.2) is 60.2 Å². The summed E-state index contributed by atoms with van der Waals surface area (Å²) < 4.78 is 28.8. The predicted octanol–water partition coefficient (Wildman–Crippen LogP) is 0.693. The van der Waals surface area contributed by atoms with Gasteiger partial charge >= 0.3 is 0 Å². The summed E-state index contributed by atoms with van der Waals surface area (Å²) in [5, 5.41) is 1.88. The molecule has 2 N–H and O–H groups in total. The van der Waals surface area contributed by atoms with E-state index in [1.54, 1.807) is 23.0 Å². The van der Waals surface area contributed by atoms with E-state index in [4.69, 9.17) is 5.73 Å². The maximum Gasteiger partial charge on any atom is 0.262 e. The van der Waals surface area contributed by atoms with Crippen LogP contribution in [-0.2, 0) is 10.0 Å². The zero-order valence-corrected chi connectivity index (χ0v) is 13.7. The van der Waals surface area contributed by atoms with Gasteiger partial charge in [-0.2, -0.15) is 4.31 Å². The fourth-order valence-corrected chi connectivity index (χ4v) is 5.13. The normalized spacial score (nSPS) is 21.4. The molecule has 3 heterocycles. The third-order valence-electron chi connectivity index (χ3n) is 3.98. The topological polar surface area (TPSA) is 83.9 Å². The van der Waals surface area contributed by atoms with Gasteiger partial charge in [-0.15, -0.1) is 11.3 Å². The molecule has 116 valence electrons. The lowest BCUT2D eigenvalue weighted by atomic mass is 10.1. The van der Waals surface area contributed by atoms with Crippen LogP contribution in [0.5, 0.6) is 0 Å². The highest BCUT2D eigenvalue weighted by molar-refractivity contribution is 7.89. The van der Waals surface area contributed by atoms with E-state index in [1.165, 1.54) is 15.6 Å². The van der Waals surface area contributed by atoms with Crippen LogP contribution in [0.15, 0.2) is 16.6 Å². The van der Waals surface area contributed by atoms with Crippen molar-refractivity contribution < 1.29 is 8.42 Å². The Morgan fingerprint density at radius 1 is 1.52 bits per heavy atom. The molecule has 21 heavy (non-hydrogen) atoms. The first kappa shape index (κ1) is 14.8. The van der Waals surface area contributed by atoms with Gasteiger partial charge in [-0.25, -0.2) is 13.4 Å². The number of hydrogen-bond acceptors (Lipinski definition) is 6. The van der Waals surface area contributed by atoms with Gasteiger partial charge in [0, 0.05) is 31.2 Å². The van der Waals surface area contributed by atoms with Gasteiger partial charge in [-0.3, -0.25) is 4.40 Å². The summed E-state index contributed by atoms with van der Waals surface area (Å²) >= 11 is 1.37. The van der Waals surface area contributed by atoms with Crippen LogP contribution in [0.1, 0.15) is 12.8 Å². The molecule has 0 aliphatic carbocycles. The van der Waals surface area contributed by atoms with Gasteiger partial charge in [0.05, 0.1) is 0 Å². The maximum absolute atomic E-state index is 12.9. The molecule has 0 spiro atoms. The Bertz CT molecular complexity index is 751. The number of thiazole rings is 1. The first-order valence-corrected chi connectivity index (χ1v) is 9.11. The first-order valence-electron chi connectivity index (χ1n) is 6.79. The van der Waals surface area contributed by atoms with E-state index >= 15 is 0 Å². The van der Waals surface area contributed by atoms with Gasteiger partial charge in [-0.05, 0) is 26.4 Å². The fourth-order valence-electron chi connectivity index (χ4n) is 2.81. The average Bonchev–Trinajstić information content (AvgIpc) is 2.97. The minimum atomic E-state index is -3.66. The van der Waals surface area contributed by atoms with E-state index in [-0.39, 0.29) is 16.9 Å². The molecule has 1 unspecified atom stereocenters. The van der Waals surface area contributed by atoms with Crippen LogP contribution in [0.2, 0.25) is 0 Å². The van der Waals surface area contributed by atoms with Crippen LogP contribution >= 0.6 is 11.3 Å². The number of hydrogen-bond donors (Lipinski definition) is 1. The lowest BCUT2D eigenvalue weighted by Gasteiger charge is -2.34. The van der Waals surface area contributed by atoms with E-state index in [0.29, 0.717) is 4.96 Å². The second-order valence-electron chi connectivity index (χ2n) is 5.44. The highest BCUT2D eigenvalue weighted by Gasteiger charge is 2.34. The maximum atomic E-state index is 12.9. The molecule has 1 aliphatic heterocycles. The van der Waals surface area contributed by atoms with Crippen LogP contribution < -0.4 is 5.73 Å². The Morgan fingerprint density at radius 2 is 2.29 bits per heavy atom. The number of aromatic nitrogens is 2. The van der Waals surface area contributed by atoms with Crippen molar-refractivity contribution in [1.82, 2.24) is 18.6 Å². The summed E-state index contributed by atoms with van der Waals surface area (Å²) in [6.07, 6.45) is 3.55. The molecular formula is C12H19N5O2S2. The quantitative estimate of drug-likeness (QED) is 0.896. The third-order valence-corrected chi connectivity index (χ3v) is 6.69. The molecule has 1 fully saturated rings. The SMILES string of the molecule is CN1CCCC(N(C)S(=O)(=O)c2c(N)nc3sccn23)C1. The van der Waals surface area contributed by atoms with E-state index in [9.17, 15) is 8.42 Å². The van der Waals surface area contributed by atoms with E-state index in [1.807, 2.05) is 7.05 Å². The molecule has 0 saturated carbocycles. The van der Waals surface area contributed by atoms with Gasteiger partial charge < -0.3 is 10.6 Å². The number of rotatable bonds is 3. The Morgan fingerprint density at radius 3 is 3.00 bits per heavy atom. The minimum absolute atomic E-state index is 0.0302. The van der Waals surface area contributed by atoms with Crippen molar-refractivity contribution in [3.05, 3.63) is 11.6 Å². The van der Waals surface area contributed by atoms with E-state index < -0.39 is 10.0 Å². The average molecular weight is 329 g/mol. The second-order valence-corrected chi connectivity index (χ2v) is 8.22. The van der Waals surface area contributed by atoms with Crippen LogP contribution in [0.25, 0.3) is 4.96 Å². The largest absolute Gasteiger partial charge is 0.381 e. The van der Waals surface area contributed by atoms with Crippen molar-refractivity contribution in [2.24, 2.45) is 0 Å². The van der Waals surface area contributed by atoms with Gasteiger partial charge in [0.15, 0.2) is 15.8 Å². The highest BCUT2D eigenvalue weighted by Crippen LogP contribution is 2.28. The van der Waals surface area contributed by atoms with Crippen molar-refractivity contribution >= 4 is 32.1 Å². The minimum Gasteiger partial charge on any atom is -0.381 e. The van der Waals surface area contributed by atoms with Gasteiger partial charge in [-0.1, -0.05) is 0 Å². The van der Waals surface area contributed by atoms with Crippen molar-refractivity contribution in [1.29, 1.82) is 0 Å². The molecule has 7 nitrogen and oxygen atoms in total. The van der Waals surface area contributed by atoms with Crippen molar-refractivity contribution in [2.45, 2.75) is 23.9 Å². The number of sulfonamides is 1. The number of piperidine rings is 1. The monoisotopic (exact) mass is 329 g/mol. The Kier molecular flexibility index (Phi) is 3.68. The van der Waals surface area contributed by atoms with Crippen molar-refractivity contribution in [3.8, 4) is 0 Å². The van der Waals surface area contributed by atoms with Crippen molar-refractivity contribution in [2.75, 3.05) is 32.9 Å². The summed E-state index contributed by atoms with van der Waals surface area (Å²) in [6.45, 7) is 1.75. The predicted molar refractivity (Wildman–Crippen MR) is 82.9 cm³/mol. The molecule has 0 aromatic carbocycles. The summed E-state index contributed by atoms with van der Waals surface area (Å²) in [5.74, 6) is 0.0675. The lowest BCUT2D eigenvalue weighted by molar-refractivity contribution is 0.187. The van der Waals surface area contributed by atoms with Gasteiger partial charge in [0.1, 0.15) is 0 Å². The zero-order chi connectivity index (χ0) is 15.2. The van der Waals surface area contributed by atoms with Crippen LogP contribution in [0.4, 0.5) is 5.82 Å². The number of imidazole rings is 1. The first-order chi connectivity index (χ1) is 9.91. The molecule has 2 aromatic heterocycles. The molecular weight excluding hydrogens is 310 g/mol. The number of fused-ring (bicyclic) bond motifs is 1. The van der Waals surface area contributed by atoms with Crippen LogP contribution in [0.3, 0.4) is 0 Å². The molecule has 1 aliphatic rings. The number of likely N-dealkylation sites (tertiary alicyclic amines) is 1. The zero-order valence-electron chi connectivity index (χ0n) is 12.1. The summed E-state index contributed by atoms with van der Waals surface area (Å²) in [6, 6.07) is -0.0302. The highest BCUT2D eigenvalue weighted by atomic mass is 32.2. The third kappa shape index (κ3) is 2.44. The molecule has 2 aromatic rings. The standard InChI is InChI=1S/C12H19N5O2S2/c1-15-5-3-4-9(8-15)16(2)21(18,19)11-10(13)14-12-17(11)6-7-20-12/h6-7,9H,3-5,8,13H2,1-2H3. The van der Waals surface area contributed by atoms with Crippen LogP contribution in [0, 0.1) is 0 Å². The summed E-state index contributed by atoms with van der Waals surface area (Å²) in [7, 11) is -0.0170. The van der Waals surface area contributed by atoms with Gasteiger partial charge in [0.2, 0.25) is 0 Å². The summed E-state index contributed by atoms with van der Waals surface area (Å²) in [4.78, 5) is 6.88. The Hall–Kier alpha value is -1.16. The molecule has 1 atom stereocenters. The smallest absolute Gasteiger partial charge is 0.262 e.